The molecule has 0 aliphatic carbocycles. The van der Waals surface area contributed by atoms with Crippen LogP contribution in [0.3, 0.4) is 0 Å². The van der Waals surface area contributed by atoms with E-state index in [9.17, 15) is 22.0 Å². The lowest BCUT2D eigenvalue weighted by molar-refractivity contribution is -0.120. The third-order valence-corrected chi connectivity index (χ3v) is 6.45. The Labute approximate surface area is 157 Å². The first kappa shape index (κ1) is 19.4. The Morgan fingerprint density at radius 3 is 2.37 bits per heavy atom. The minimum Gasteiger partial charge on any atom is -0.323 e. The summed E-state index contributed by atoms with van der Waals surface area (Å²) in [4.78, 5) is 12.3. The number of rotatable bonds is 5. The molecular formula is C19H20F2N2O3S. The highest BCUT2D eigenvalue weighted by atomic mass is 32.2. The molecule has 1 N–H and O–H groups in total. The van der Waals surface area contributed by atoms with Gasteiger partial charge in [-0.1, -0.05) is 30.3 Å². The number of carbonyl (C=O) groups is 1. The summed E-state index contributed by atoms with van der Waals surface area (Å²) >= 11 is 0. The molecule has 3 rings (SSSR count). The maximum absolute atomic E-state index is 13.7. The van der Waals surface area contributed by atoms with E-state index in [0.717, 1.165) is 6.07 Å². The highest BCUT2D eigenvalue weighted by molar-refractivity contribution is 7.88. The second-order valence-corrected chi connectivity index (χ2v) is 8.50. The number of hydrogen-bond acceptors (Lipinski definition) is 3. The molecule has 0 bridgehead atoms. The first-order chi connectivity index (χ1) is 12.8. The second-order valence-electron chi connectivity index (χ2n) is 6.53. The normalized spacial score (nSPS) is 16.2. The van der Waals surface area contributed by atoms with Crippen LogP contribution in [-0.2, 0) is 20.6 Å². The zero-order valence-electron chi connectivity index (χ0n) is 14.6. The summed E-state index contributed by atoms with van der Waals surface area (Å²) in [6.45, 7) is 0.471. The van der Waals surface area contributed by atoms with Crippen LogP contribution in [0.5, 0.6) is 0 Å². The van der Waals surface area contributed by atoms with Crippen molar-refractivity contribution in [1.29, 1.82) is 0 Å². The van der Waals surface area contributed by atoms with Gasteiger partial charge in [-0.15, -0.1) is 0 Å². The summed E-state index contributed by atoms with van der Waals surface area (Å²) in [5.41, 5.74) is 0.629. The van der Waals surface area contributed by atoms with Crippen molar-refractivity contribution in [3.05, 3.63) is 65.7 Å². The number of benzene rings is 2. The third kappa shape index (κ3) is 4.90. The van der Waals surface area contributed by atoms with Crippen LogP contribution in [0.2, 0.25) is 0 Å². The predicted molar refractivity (Wildman–Crippen MR) is 98.4 cm³/mol. The monoisotopic (exact) mass is 394 g/mol. The Morgan fingerprint density at radius 2 is 1.74 bits per heavy atom. The molecule has 144 valence electrons. The number of carbonyl (C=O) groups excluding carboxylic acids is 1. The van der Waals surface area contributed by atoms with Crippen LogP contribution in [0.4, 0.5) is 14.5 Å². The molecule has 0 unspecified atom stereocenters. The molecule has 1 heterocycles. The molecule has 0 spiro atoms. The second kappa shape index (κ2) is 8.14. The van der Waals surface area contributed by atoms with E-state index in [1.807, 2.05) is 6.07 Å². The molecule has 8 heteroatoms. The number of hydrogen-bond donors (Lipinski definition) is 1. The Hall–Kier alpha value is -2.32. The average molecular weight is 394 g/mol. The lowest BCUT2D eigenvalue weighted by atomic mass is 9.97. The summed E-state index contributed by atoms with van der Waals surface area (Å²) in [5, 5.41) is 2.45. The lowest BCUT2D eigenvalue weighted by Gasteiger charge is -2.30. The van der Waals surface area contributed by atoms with Crippen molar-refractivity contribution in [2.45, 2.75) is 18.6 Å². The van der Waals surface area contributed by atoms with E-state index in [0.29, 0.717) is 24.5 Å². The Bertz CT molecular complexity index is 912. The van der Waals surface area contributed by atoms with E-state index in [1.54, 1.807) is 24.3 Å². The van der Waals surface area contributed by atoms with Crippen LogP contribution in [-0.4, -0.2) is 31.7 Å². The number of nitrogens with zero attached hydrogens (tertiary/aromatic N) is 1. The van der Waals surface area contributed by atoms with E-state index in [1.165, 1.54) is 10.4 Å². The maximum Gasteiger partial charge on any atom is 0.227 e. The number of anilines is 1. The van der Waals surface area contributed by atoms with Crippen LogP contribution in [0.1, 0.15) is 18.4 Å². The van der Waals surface area contributed by atoms with Gasteiger partial charge in [-0.25, -0.2) is 21.5 Å². The molecule has 2 aromatic carbocycles. The van der Waals surface area contributed by atoms with Gasteiger partial charge in [0, 0.05) is 25.1 Å². The topological polar surface area (TPSA) is 66.5 Å². The van der Waals surface area contributed by atoms with Gasteiger partial charge in [-0.3, -0.25) is 4.79 Å². The van der Waals surface area contributed by atoms with Crippen molar-refractivity contribution in [2.24, 2.45) is 5.92 Å². The first-order valence-corrected chi connectivity index (χ1v) is 10.2. The molecule has 0 radical (unpaired) electrons. The van der Waals surface area contributed by atoms with Crippen LogP contribution in [0, 0.1) is 17.6 Å². The molecule has 1 aliphatic rings. The van der Waals surface area contributed by atoms with E-state index in [-0.39, 0.29) is 30.4 Å². The molecule has 1 saturated heterocycles. The smallest absolute Gasteiger partial charge is 0.227 e. The number of halogens is 2. The van der Waals surface area contributed by atoms with Crippen LogP contribution in [0.25, 0.3) is 0 Å². The first-order valence-electron chi connectivity index (χ1n) is 8.63. The number of nitrogens with one attached hydrogen (secondary N) is 1. The summed E-state index contributed by atoms with van der Waals surface area (Å²) in [7, 11) is -3.46. The molecule has 0 saturated carbocycles. The molecule has 5 nitrogen and oxygen atoms in total. The van der Waals surface area contributed by atoms with Gasteiger partial charge >= 0.3 is 0 Å². The third-order valence-electron chi connectivity index (χ3n) is 4.60. The van der Waals surface area contributed by atoms with Gasteiger partial charge in [-0.05, 0) is 30.5 Å². The van der Waals surface area contributed by atoms with Gasteiger partial charge in [0.05, 0.1) is 11.4 Å². The number of sulfonamides is 1. The van der Waals surface area contributed by atoms with Gasteiger partial charge in [0.1, 0.15) is 11.6 Å². The molecule has 1 amide bonds. The predicted octanol–water partition coefficient (Wildman–Crippen LogP) is 3.15. The average Bonchev–Trinajstić information content (AvgIpc) is 2.64. The lowest BCUT2D eigenvalue weighted by Crippen LogP contribution is -2.41. The van der Waals surface area contributed by atoms with Crippen molar-refractivity contribution in [3.8, 4) is 0 Å². The quantitative estimate of drug-likeness (QED) is 0.847. The molecule has 27 heavy (non-hydrogen) atoms. The molecule has 1 fully saturated rings. The Morgan fingerprint density at radius 1 is 1.07 bits per heavy atom. The van der Waals surface area contributed by atoms with Crippen molar-refractivity contribution in [3.63, 3.8) is 0 Å². The Balaban J connectivity index is 1.57. The van der Waals surface area contributed by atoms with E-state index in [2.05, 4.69) is 5.32 Å². The van der Waals surface area contributed by atoms with Gasteiger partial charge in [0.2, 0.25) is 15.9 Å². The van der Waals surface area contributed by atoms with Crippen LogP contribution < -0.4 is 5.32 Å². The standard InChI is InChI=1S/C19H20F2N2O3S/c20-16-6-7-18(17(21)12-16)22-19(24)15-8-10-23(11-9-15)27(25,26)13-14-4-2-1-3-5-14/h1-7,12,15H,8-11,13H2,(H,22,24). The van der Waals surface area contributed by atoms with E-state index < -0.39 is 27.6 Å². The molecule has 0 aromatic heterocycles. The largest absolute Gasteiger partial charge is 0.323 e. The zero-order chi connectivity index (χ0) is 19.4. The fourth-order valence-corrected chi connectivity index (χ4v) is 4.66. The van der Waals surface area contributed by atoms with Gasteiger partial charge in [-0.2, -0.15) is 0 Å². The fourth-order valence-electron chi connectivity index (χ4n) is 3.10. The van der Waals surface area contributed by atoms with Gasteiger partial charge in [0.25, 0.3) is 0 Å². The SMILES string of the molecule is O=C(Nc1ccc(F)cc1F)C1CCN(S(=O)(=O)Cc2ccccc2)CC1. The number of amides is 1. The van der Waals surface area contributed by atoms with E-state index in [4.69, 9.17) is 0 Å². The minimum absolute atomic E-state index is 0.0779. The maximum atomic E-state index is 13.7. The Kier molecular flexibility index (Phi) is 5.86. The van der Waals surface area contributed by atoms with Crippen LogP contribution >= 0.6 is 0 Å². The van der Waals surface area contributed by atoms with Gasteiger partial charge in [0.15, 0.2) is 0 Å². The number of piperidine rings is 1. The van der Waals surface area contributed by atoms with Crippen molar-refractivity contribution in [1.82, 2.24) is 4.31 Å². The molecule has 2 aromatic rings. The van der Waals surface area contributed by atoms with Crippen molar-refractivity contribution >= 4 is 21.6 Å². The van der Waals surface area contributed by atoms with E-state index >= 15 is 0 Å². The zero-order valence-corrected chi connectivity index (χ0v) is 15.4. The molecule has 1 aliphatic heterocycles. The summed E-state index contributed by atoms with van der Waals surface area (Å²) in [5.74, 6) is -2.45. The summed E-state index contributed by atoms with van der Waals surface area (Å²) in [6, 6.07) is 11.9. The fraction of sp³-hybridized carbons (Fsp3) is 0.316. The minimum atomic E-state index is -3.46. The summed E-state index contributed by atoms with van der Waals surface area (Å²) < 4.78 is 53.1. The molecular weight excluding hydrogens is 374 g/mol. The van der Waals surface area contributed by atoms with Crippen LogP contribution in [0.15, 0.2) is 48.5 Å². The van der Waals surface area contributed by atoms with Gasteiger partial charge < -0.3 is 5.32 Å². The van der Waals surface area contributed by atoms with Crippen molar-refractivity contribution in [2.75, 3.05) is 18.4 Å². The highest BCUT2D eigenvalue weighted by Gasteiger charge is 2.31. The molecule has 0 atom stereocenters. The summed E-state index contributed by atoms with van der Waals surface area (Å²) in [6.07, 6.45) is 0.700. The van der Waals surface area contributed by atoms with Crippen molar-refractivity contribution < 1.29 is 22.0 Å². The highest BCUT2D eigenvalue weighted by Crippen LogP contribution is 2.24.